The Morgan fingerprint density at radius 1 is 1.15 bits per heavy atom. The summed E-state index contributed by atoms with van der Waals surface area (Å²) < 4.78 is 5.84. The summed E-state index contributed by atoms with van der Waals surface area (Å²) in [6.45, 7) is 1.91. The van der Waals surface area contributed by atoms with E-state index in [-0.39, 0.29) is 0 Å². The number of benzene rings is 1. The molecule has 0 unspecified atom stereocenters. The van der Waals surface area contributed by atoms with Gasteiger partial charge in [0.05, 0.1) is 0 Å². The SMILES string of the molecule is N#Cc1nc(Cc2ccccc2)oc1N1CCCCC1. The molecule has 1 aliphatic heterocycles. The monoisotopic (exact) mass is 267 g/mol. The van der Waals surface area contributed by atoms with Gasteiger partial charge in [-0.25, -0.2) is 4.98 Å². The molecule has 0 spiro atoms. The second kappa shape index (κ2) is 5.79. The molecule has 0 bridgehead atoms. The van der Waals surface area contributed by atoms with Gasteiger partial charge in [-0.3, -0.25) is 0 Å². The van der Waals surface area contributed by atoms with Gasteiger partial charge in [0, 0.05) is 19.5 Å². The fraction of sp³-hybridized carbons (Fsp3) is 0.375. The highest BCUT2D eigenvalue weighted by molar-refractivity contribution is 5.48. The maximum absolute atomic E-state index is 9.23. The number of anilines is 1. The summed E-state index contributed by atoms with van der Waals surface area (Å²) in [5.41, 5.74) is 1.56. The standard InChI is InChI=1S/C16H17N3O/c17-12-14-16(19-9-5-2-6-10-19)20-15(18-14)11-13-7-3-1-4-8-13/h1,3-4,7-8H,2,5-6,9-11H2. The van der Waals surface area contributed by atoms with Crippen molar-refractivity contribution in [3.8, 4) is 6.07 Å². The molecule has 2 aromatic rings. The Labute approximate surface area is 118 Å². The van der Waals surface area contributed by atoms with Gasteiger partial charge in [0.1, 0.15) is 6.07 Å². The maximum atomic E-state index is 9.23. The van der Waals surface area contributed by atoms with Crippen molar-refractivity contribution in [2.45, 2.75) is 25.7 Å². The van der Waals surface area contributed by atoms with Crippen LogP contribution in [0.1, 0.15) is 36.4 Å². The first-order valence-electron chi connectivity index (χ1n) is 7.05. The fourth-order valence-corrected chi connectivity index (χ4v) is 2.59. The Hall–Kier alpha value is -2.28. The Kier molecular flexibility index (Phi) is 3.69. The Bertz CT molecular complexity index is 606. The maximum Gasteiger partial charge on any atom is 0.234 e. The van der Waals surface area contributed by atoms with E-state index in [0.717, 1.165) is 31.5 Å². The highest BCUT2D eigenvalue weighted by Crippen LogP contribution is 2.26. The first-order chi connectivity index (χ1) is 9.86. The van der Waals surface area contributed by atoms with Crippen LogP contribution in [0, 0.1) is 11.3 Å². The van der Waals surface area contributed by atoms with E-state index in [0.29, 0.717) is 23.9 Å². The zero-order valence-corrected chi connectivity index (χ0v) is 11.4. The van der Waals surface area contributed by atoms with Crippen LogP contribution < -0.4 is 4.90 Å². The molecule has 4 nitrogen and oxygen atoms in total. The minimum Gasteiger partial charge on any atom is -0.423 e. The van der Waals surface area contributed by atoms with Crippen LogP contribution in [0.5, 0.6) is 0 Å². The summed E-state index contributed by atoms with van der Waals surface area (Å²) in [4.78, 5) is 6.47. The highest BCUT2D eigenvalue weighted by Gasteiger charge is 2.21. The number of hydrogen-bond donors (Lipinski definition) is 0. The van der Waals surface area contributed by atoms with Crippen molar-refractivity contribution in [1.29, 1.82) is 5.26 Å². The van der Waals surface area contributed by atoms with Gasteiger partial charge < -0.3 is 9.32 Å². The Balaban J connectivity index is 1.83. The van der Waals surface area contributed by atoms with Gasteiger partial charge in [-0.05, 0) is 24.8 Å². The van der Waals surface area contributed by atoms with E-state index in [1.165, 1.54) is 6.42 Å². The van der Waals surface area contributed by atoms with E-state index in [1.807, 2.05) is 30.3 Å². The molecule has 0 aliphatic carbocycles. The zero-order chi connectivity index (χ0) is 13.8. The summed E-state index contributed by atoms with van der Waals surface area (Å²) in [5.74, 6) is 1.27. The lowest BCUT2D eigenvalue weighted by Gasteiger charge is -2.25. The number of hydrogen-bond acceptors (Lipinski definition) is 4. The third-order valence-electron chi connectivity index (χ3n) is 3.60. The van der Waals surface area contributed by atoms with Gasteiger partial charge >= 0.3 is 0 Å². The molecule has 1 fully saturated rings. The van der Waals surface area contributed by atoms with Crippen molar-refractivity contribution in [2.75, 3.05) is 18.0 Å². The highest BCUT2D eigenvalue weighted by atomic mass is 16.4. The number of piperidine rings is 1. The lowest BCUT2D eigenvalue weighted by molar-refractivity contribution is 0.471. The van der Waals surface area contributed by atoms with E-state index in [9.17, 15) is 5.26 Å². The molecule has 0 atom stereocenters. The minimum atomic E-state index is 0.415. The van der Waals surface area contributed by atoms with Crippen LogP contribution in [0.2, 0.25) is 0 Å². The summed E-state index contributed by atoms with van der Waals surface area (Å²) in [6.07, 6.45) is 4.19. The molecule has 1 saturated heterocycles. The molecule has 1 aromatic heterocycles. The third-order valence-corrected chi connectivity index (χ3v) is 3.60. The molecule has 3 rings (SSSR count). The van der Waals surface area contributed by atoms with Crippen molar-refractivity contribution < 1.29 is 4.42 Å². The van der Waals surface area contributed by atoms with Gasteiger partial charge in [0.15, 0.2) is 0 Å². The normalized spacial score (nSPS) is 15.1. The minimum absolute atomic E-state index is 0.415. The van der Waals surface area contributed by atoms with E-state index in [2.05, 4.69) is 16.0 Å². The average Bonchev–Trinajstić information content (AvgIpc) is 2.92. The van der Waals surface area contributed by atoms with Crippen LogP contribution in [0.15, 0.2) is 34.7 Å². The third kappa shape index (κ3) is 2.67. The number of nitrogens with zero attached hydrogens (tertiary/aromatic N) is 3. The van der Waals surface area contributed by atoms with Crippen LogP contribution in [0.3, 0.4) is 0 Å². The summed E-state index contributed by atoms with van der Waals surface area (Å²) in [7, 11) is 0. The zero-order valence-electron chi connectivity index (χ0n) is 11.4. The van der Waals surface area contributed by atoms with Crippen LogP contribution >= 0.6 is 0 Å². The molecule has 102 valence electrons. The second-order valence-electron chi connectivity index (χ2n) is 5.08. The number of nitriles is 1. The first-order valence-corrected chi connectivity index (χ1v) is 7.05. The lowest BCUT2D eigenvalue weighted by Crippen LogP contribution is -2.29. The largest absolute Gasteiger partial charge is 0.423 e. The molecule has 1 aromatic carbocycles. The molecule has 4 heteroatoms. The van der Waals surface area contributed by atoms with Crippen molar-refractivity contribution in [1.82, 2.24) is 4.98 Å². The van der Waals surface area contributed by atoms with Gasteiger partial charge in [-0.1, -0.05) is 30.3 Å². The van der Waals surface area contributed by atoms with Gasteiger partial charge in [0.25, 0.3) is 0 Å². The van der Waals surface area contributed by atoms with E-state index < -0.39 is 0 Å². The molecule has 20 heavy (non-hydrogen) atoms. The molecular weight excluding hydrogens is 250 g/mol. The van der Waals surface area contributed by atoms with E-state index in [1.54, 1.807) is 0 Å². The number of oxazole rings is 1. The van der Waals surface area contributed by atoms with E-state index in [4.69, 9.17) is 4.42 Å². The Morgan fingerprint density at radius 3 is 2.60 bits per heavy atom. The number of aromatic nitrogens is 1. The predicted octanol–water partition coefficient (Wildman–Crippen LogP) is 3.13. The molecule has 0 saturated carbocycles. The number of rotatable bonds is 3. The van der Waals surface area contributed by atoms with Crippen molar-refractivity contribution in [2.24, 2.45) is 0 Å². The Morgan fingerprint density at radius 2 is 1.90 bits per heavy atom. The smallest absolute Gasteiger partial charge is 0.234 e. The van der Waals surface area contributed by atoms with Crippen LogP contribution in [0.25, 0.3) is 0 Å². The second-order valence-corrected chi connectivity index (χ2v) is 5.08. The molecule has 0 radical (unpaired) electrons. The summed E-state index contributed by atoms with van der Waals surface area (Å²) >= 11 is 0. The molecule has 2 heterocycles. The molecule has 0 amide bonds. The summed E-state index contributed by atoms with van der Waals surface area (Å²) in [5, 5.41) is 9.23. The quantitative estimate of drug-likeness (QED) is 0.857. The molecular formula is C16H17N3O. The van der Waals surface area contributed by atoms with Crippen molar-refractivity contribution >= 4 is 5.88 Å². The molecule has 0 N–H and O–H groups in total. The topological polar surface area (TPSA) is 53.1 Å². The van der Waals surface area contributed by atoms with Gasteiger partial charge in [-0.15, -0.1) is 0 Å². The van der Waals surface area contributed by atoms with Crippen molar-refractivity contribution in [3.05, 3.63) is 47.5 Å². The van der Waals surface area contributed by atoms with E-state index >= 15 is 0 Å². The summed E-state index contributed by atoms with van der Waals surface area (Å²) in [6, 6.07) is 12.2. The van der Waals surface area contributed by atoms with Gasteiger partial charge in [-0.2, -0.15) is 5.26 Å². The first kappa shape index (κ1) is 12.7. The van der Waals surface area contributed by atoms with Gasteiger partial charge in [0.2, 0.25) is 17.5 Å². The molecule has 1 aliphatic rings. The lowest BCUT2D eigenvalue weighted by atomic mass is 10.1. The van der Waals surface area contributed by atoms with Crippen LogP contribution in [0.4, 0.5) is 5.88 Å². The fourth-order valence-electron chi connectivity index (χ4n) is 2.59. The predicted molar refractivity (Wildman–Crippen MR) is 76.5 cm³/mol. The van der Waals surface area contributed by atoms with Crippen molar-refractivity contribution in [3.63, 3.8) is 0 Å². The van der Waals surface area contributed by atoms with Crippen LogP contribution in [-0.2, 0) is 6.42 Å². The van der Waals surface area contributed by atoms with Crippen LogP contribution in [-0.4, -0.2) is 18.1 Å². The average molecular weight is 267 g/mol.